The zero-order valence-corrected chi connectivity index (χ0v) is 13.5. The second kappa shape index (κ2) is 6.37. The summed E-state index contributed by atoms with van der Waals surface area (Å²) in [7, 11) is -3.32. The van der Waals surface area contributed by atoms with Crippen LogP contribution in [0.4, 0.5) is 0 Å². The number of carbonyl (C=O) groups is 1. The molecule has 2 atom stereocenters. The molecular formula is C18H22O3S. The molecule has 0 N–H and O–H groups in total. The molecule has 0 aliphatic heterocycles. The second-order valence-electron chi connectivity index (χ2n) is 6.33. The van der Waals surface area contributed by atoms with E-state index in [1.807, 2.05) is 6.07 Å². The fourth-order valence-electron chi connectivity index (χ4n) is 3.78. The van der Waals surface area contributed by atoms with Gasteiger partial charge in [0.15, 0.2) is 15.6 Å². The Kier molecular flexibility index (Phi) is 4.48. The molecule has 0 spiro atoms. The first-order valence-corrected chi connectivity index (χ1v) is 9.66. The predicted molar refractivity (Wildman–Crippen MR) is 86.3 cm³/mol. The number of carbonyl (C=O) groups excluding carboxylic acids is 1. The average molecular weight is 318 g/mol. The van der Waals surface area contributed by atoms with E-state index in [0.717, 1.165) is 37.7 Å². The van der Waals surface area contributed by atoms with Crippen molar-refractivity contribution in [3.05, 3.63) is 42.0 Å². The van der Waals surface area contributed by atoms with Crippen molar-refractivity contribution >= 4 is 15.6 Å². The summed E-state index contributed by atoms with van der Waals surface area (Å²) in [5.74, 6) is 0.183. The summed E-state index contributed by atoms with van der Waals surface area (Å²) in [5, 5.41) is -0.368. The van der Waals surface area contributed by atoms with Crippen LogP contribution in [0.5, 0.6) is 0 Å². The molecule has 2 aliphatic carbocycles. The monoisotopic (exact) mass is 318 g/mol. The van der Waals surface area contributed by atoms with Crippen LogP contribution >= 0.6 is 0 Å². The first-order chi connectivity index (χ1) is 10.6. The van der Waals surface area contributed by atoms with Crippen LogP contribution in [0.3, 0.4) is 0 Å². The normalized spacial score (nSPS) is 26.5. The molecule has 3 nitrogen and oxygen atoms in total. The van der Waals surface area contributed by atoms with Crippen LogP contribution in [0.1, 0.15) is 44.9 Å². The minimum absolute atomic E-state index is 0.0206. The average Bonchev–Trinajstić information content (AvgIpc) is 2.92. The maximum atomic E-state index is 12.9. The van der Waals surface area contributed by atoms with Gasteiger partial charge in [-0.15, -0.1) is 0 Å². The highest BCUT2D eigenvalue weighted by molar-refractivity contribution is 7.92. The van der Waals surface area contributed by atoms with E-state index in [1.54, 1.807) is 30.3 Å². The molecule has 0 aromatic heterocycles. The van der Waals surface area contributed by atoms with Crippen LogP contribution in [-0.2, 0) is 14.6 Å². The third-order valence-corrected chi connectivity index (χ3v) is 7.17. The van der Waals surface area contributed by atoms with Crippen LogP contribution in [-0.4, -0.2) is 19.5 Å². The number of benzene rings is 1. The van der Waals surface area contributed by atoms with Crippen molar-refractivity contribution in [1.29, 1.82) is 0 Å². The van der Waals surface area contributed by atoms with Gasteiger partial charge in [-0.05, 0) is 56.2 Å². The SMILES string of the molecule is O=C1C=C([C@H]2CCC[C@H]2S(=O)(=O)c2ccccc2)CCCC1. The Morgan fingerprint density at radius 3 is 2.41 bits per heavy atom. The molecule has 22 heavy (non-hydrogen) atoms. The zero-order valence-electron chi connectivity index (χ0n) is 12.7. The Bertz CT molecular complexity index is 674. The molecule has 1 aromatic rings. The van der Waals surface area contributed by atoms with Crippen molar-refractivity contribution in [3.8, 4) is 0 Å². The molecule has 1 aromatic carbocycles. The number of hydrogen-bond acceptors (Lipinski definition) is 3. The number of sulfone groups is 1. The van der Waals surface area contributed by atoms with E-state index in [0.29, 0.717) is 17.7 Å². The first kappa shape index (κ1) is 15.5. The maximum absolute atomic E-state index is 12.9. The van der Waals surface area contributed by atoms with Gasteiger partial charge in [0.25, 0.3) is 0 Å². The summed E-state index contributed by atoms with van der Waals surface area (Å²) >= 11 is 0. The van der Waals surface area contributed by atoms with Crippen LogP contribution in [0.15, 0.2) is 46.9 Å². The van der Waals surface area contributed by atoms with Crippen LogP contribution in [0.2, 0.25) is 0 Å². The molecule has 0 saturated heterocycles. The predicted octanol–water partition coefficient (Wildman–Crippen LogP) is 3.70. The minimum Gasteiger partial charge on any atom is -0.295 e. The van der Waals surface area contributed by atoms with Crippen LogP contribution < -0.4 is 0 Å². The minimum atomic E-state index is -3.32. The molecule has 0 heterocycles. The largest absolute Gasteiger partial charge is 0.295 e. The van der Waals surface area contributed by atoms with Crippen LogP contribution in [0, 0.1) is 5.92 Å². The summed E-state index contributed by atoms with van der Waals surface area (Å²) < 4.78 is 25.9. The first-order valence-electron chi connectivity index (χ1n) is 8.11. The van der Waals surface area contributed by atoms with E-state index in [-0.39, 0.29) is 17.0 Å². The van der Waals surface area contributed by atoms with Gasteiger partial charge in [-0.3, -0.25) is 4.79 Å². The maximum Gasteiger partial charge on any atom is 0.181 e. The van der Waals surface area contributed by atoms with Gasteiger partial charge in [0.2, 0.25) is 0 Å². The highest BCUT2D eigenvalue weighted by atomic mass is 32.2. The van der Waals surface area contributed by atoms with Gasteiger partial charge in [0, 0.05) is 6.42 Å². The summed E-state index contributed by atoms with van der Waals surface area (Å²) in [4.78, 5) is 12.3. The zero-order chi connectivity index (χ0) is 15.6. The van der Waals surface area contributed by atoms with Gasteiger partial charge in [-0.1, -0.05) is 30.2 Å². The topological polar surface area (TPSA) is 51.2 Å². The summed E-state index contributed by atoms with van der Waals surface area (Å²) in [5.41, 5.74) is 1.07. The van der Waals surface area contributed by atoms with E-state index in [1.165, 1.54) is 0 Å². The number of allylic oxidation sites excluding steroid dienone is 2. The summed E-state index contributed by atoms with van der Waals surface area (Å²) in [6.45, 7) is 0. The molecule has 0 bridgehead atoms. The fourth-order valence-corrected chi connectivity index (χ4v) is 5.88. The highest BCUT2D eigenvalue weighted by Gasteiger charge is 2.40. The molecular weight excluding hydrogens is 296 g/mol. The molecule has 0 radical (unpaired) electrons. The lowest BCUT2D eigenvalue weighted by Gasteiger charge is -2.22. The molecule has 118 valence electrons. The lowest BCUT2D eigenvalue weighted by molar-refractivity contribution is -0.114. The fraction of sp³-hybridized carbons (Fsp3) is 0.500. The van der Waals surface area contributed by atoms with Gasteiger partial charge in [0.05, 0.1) is 10.1 Å². The third-order valence-electron chi connectivity index (χ3n) is 4.88. The van der Waals surface area contributed by atoms with Gasteiger partial charge < -0.3 is 0 Å². The molecule has 1 saturated carbocycles. The van der Waals surface area contributed by atoms with Gasteiger partial charge in [-0.25, -0.2) is 8.42 Å². The van der Waals surface area contributed by atoms with Crippen molar-refractivity contribution in [3.63, 3.8) is 0 Å². The van der Waals surface area contributed by atoms with Gasteiger partial charge in [0.1, 0.15) is 0 Å². The molecule has 3 rings (SSSR count). The van der Waals surface area contributed by atoms with E-state index >= 15 is 0 Å². The van der Waals surface area contributed by atoms with Crippen molar-refractivity contribution in [1.82, 2.24) is 0 Å². The van der Waals surface area contributed by atoms with E-state index in [2.05, 4.69) is 0 Å². The molecule has 1 fully saturated rings. The summed E-state index contributed by atoms with van der Waals surface area (Å²) in [6.07, 6.45) is 7.64. The highest BCUT2D eigenvalue weighted by Crippen LogP contribution is 2.40. The van der Waals surface area contributed by atoms with Crippen molar-refractivity contribution < 1.29 is 13.2 Å². The molecule has 0 unspecified atom stereocenters. The van der Waals surface area contributed by atoms with Gasteiger partial charge >= 0.3 is 0 Å². The number of rotatable bonds is 3. The Morgan fingerprint density at radius 2 is 1.64 bits per heavy atom. The standard InChI is InChI=1S/C18H22O3S/c19-15-8-5-4-7-14(13-15)17-11-6-12-18(17)22(20,21)16-9-2-1-3-10-16/h1-3,9-10,13,17-18H,4-8,11-12H2/t17-,18-/m1/s1. The van der Waals surface area contributed by atoms with Crippen molar-refractivity contribution in [2.45, 2.75) is 55.1 Å². The Morgan fingerprint density at radius 1 is 0.909 bits per heavy atom. The quantitative estimate of drug-likeness (QED) is 0.854. The molecule has 4 heteroatoms. The van der Waals surface area contributed by atoms with E-state index in [4.69, 9.17) is 0 Å². The van der Waals surface area contributed by atoms with Crippen molar-refractivity contribution in [2.75, 3.05) is 0 Å². The summed E-state index contributed by atoms with van der Waals surface area (Å²) in [6, 6.07) is 8.73. The van der Waals surface area contributed by atoms with E-state index < -0.39 is 9.84 Å². The second-order valence-corrected chi connectivity index (χ2v) is 8.49. The Labute approximate surface area is 132 Å². The Hall–Kier alpha value is -1.42. The lowest BCUT2D eigenvalue weighted by atomic mass is 9.93. The lowest BCUT2D eigenvalue weighted by Crippen LogP contribution is -2.27. The Balaban J connectivity index is 1.92. The van der Waals surface area contributed by atoms with Gasteiger partial charge in [-0.2, -0.15) is 0 Å². The number of hydrogen-bond donors (Lipinski definition) is 0. The molecule has 0 amide bonds. The van der Waals surface area contributed by atoms with E-state index in [9.17, 15) is 13.2 Å². The van der Waals surface area contributed by atoms with Crippen molar-refractivity contribution in [2.24, 2.45) is 5.92 Å². The van der Waals surface area contributed by atoms with Crippen LogP contribution in [0.25, 0.3) is 0 Å². The third kappa shape index (κ3) is 3.02. The number of ketones is 1. The smallest absolute Gasteiger partial charge is 0.181 e. The molecule has 2 aliphatic rings.